The molecule has 0 saturated heterocycles. The lowest BCUT2D eigenvalue weighted by Crippen LogP contribution is -2.20. The number of rotatable bonds is 6. The van der Waals surface area contributed by atoms with E-state index >= 15 is 0 Å². The number of carbonyl (C=O) groups is 2. The Hall–Kier alpha value is -1.58. The van der Waals surface area contributed by atoms with Crippen LogP contribution in [0.4, 0.5) is 0 Å². The van der Waals surface area contributed by atoms with Crippen molar-refractivity contribution in [1.82, 2.24) is 0 Å². The molecule has 15 heavy (non-hydrogen) atoms. The molecule has 0 amide bonds. The first-order chi connectivity index (χ1) is 7.12. The van der Waals surface area contributed by atoms with Crippen LogP contribution in [0.3, 0.4) is 0 Å². The molecule has 0 N–H and O–H groups in total. The molecule has 0 aliphatic heterocycles. The number of hydrogen-bond donors (Lipinski definition) is 0. The van der Waals surface area contributed by atoms with E-state index in [2.05, 4.69) is 13.2 Å². The largest absolute Gasteiger partial charge is 0.462 e. The monoisotopic (exact) mass is 210 g/mol. The van der Waals surface area contributed by atoms with Gasteiger partial charge in [-0.05, 0) is 12.8 Å². The Labute approximate surface area is 88.6 Å². The average Bonchev–Trinajstić information content (AvgIpc) is 3.03. The maximum Gasteiger partial charge on any atom is 0.330 e. The van der Waals surface area contributed by atoms with E-state index in [1.807, 2.05) is 0 Å². The molecule has 0 bridgehead atoms. The van der Waals surface area contributed by atoms with Crippen molar-refractivity contribution >= 4 is 11.9 Å². The third kappa shape index (κ3) is 3.58. The molecule has 0 unspecified atom stereocenters. The van der Waals surface area contributed by atoms with Crippen LogP contribution in [0.1, 0.15) is 12.8 Å². The van der Waals surface area contributed by atoms with Gasteiger partial charge in [-0.1, -0.05) is 13.2 Å². The van der Waals surface area contributed by atoms with E-state index in [-0.39, 0.29) is 18.6 Å². The van der Waals surface area contributed by atoms with Crippen LogP contribution in [0.2, 0.25) is 0 Å². The molecule has 0 aromatic heterocycles. The van der Waals surface area contributed by atoms with Crippen LogP contribution in [0.25, 0.3) is 0 Å². The third-order valence-corrected chi connectivity index (χ3v) is 2.33. The first-order valence-electron chi connectivity index (χ1n) is 4.70. The molecular weight excluding hydrogens is 196 g/mol. The highest BCUT2D eigenvalue weighted by molar-refractivity contribution is 5.81. The maximum absolute atomic E-state index is 10.8. The van der Waals surface area contributed by atoms with Crippen LogP contribution in [0, 0.1) is 5.41 Å². The van der Waals surface area contributed by atoms with Gasteiger partial charge in [0.2, 0.25) is 0 Å². The number of esters is 2. The fourth-order valence-corrected chi connectivity index (χ4v) is 1.07. The van der Waals surface area contributed by atoms with E-state index < -0.39 is 11.9 Å². The zero-order chi connectivity index (χ0) is 11.3. The topological polar surface area (TPSA) is 52.6 Å². The quantitative estimate of drug-likeness (QED) is 0.488. The first kappa shape index (κ1) is 11.5. The molecule has 0 aromatic carbocycles. The molecule has 4 nitrogen and oxygen atoms in total. The summed E-state index contributed by atoms with van der Waals surface area (Å²) in [7, 11) is 0. The van der Waals surface area contributed by atoms with Crippen molar-refractivity contribution < 1.29 is 19.1 Å². The van der Waals surface area contributed by atoms with Crippen LogP contribution >= 0.6 is 0 Å². The van der Waals surface area contributed by atoms with Gasteiger partial charge in [0.15, 0.2) is 0 Å². The van der Waals surface area contributed by atoms with Crippen LogP contribution in [-0.2, 0) is 19.1 Å². The summed E-state index contributed by atoms with van der Waals surface area (Å²) >= 11 is 0. The summed E-state index contributed by atoms with van der Waals surface area (Å²) in [5.41, 5.74) is -0.169. The van der Waals surface area contributed by atoms with Crippen molar-refractivity contribution in [3.05, 3.63) is 25.3 Å². The molecule has 1 fully saturated rings. The molecule has 0 heterocycles. The second kappa shape index (κ2) is 4.77. The molecule has 1 rings (SSSR count). The fourth-order valence-electron chi connectivity index (χ4n) is 1.07. The van der Waals surface area contributed by atoms with Crippen LogP contribution in [0.5, 0.6) is 0 Å². The van der Waals surface area contributed by atoms with Crippen LogP contribution in [-0.4, -0.2) is 25.2 Å². The van der Waals surface area contributed by atoms with E-state index in [4.69, 9.17) is 9.47 Å². The molecular formula is C11H14O4. The summed E-state index contributed by atoms with van der Waals surface area (Å²) in [4.78, 5) is 21.6. The second-order valence-corrected chi connectivity index (χ2v) is 3.62. The zero-order valence-electron chi connectivity index (χ0n) is 8.53. The highest BCUT2D eigenvalue weighted by Crippen LogP contribution is 2.46. The van der Waals surface area contributed by atoms with Gasteiger partial charge >= 0.3 is 11.9 Å². The molecule has 0 radical (unpaired) electrons. The summed E-state index contributed by atoms with van der Waals surface area (Å²) in [5.74, 6) is -0.896. The molecule has 1 aliphatic rings. The summed E-state index contributed by atoms with van der Waals surface area (Å²) in [6.07, 6.45) is 4.04. The van der Waals surface area contributed by atoms with Gasteiger partial charge in [0.25, 0.3) is 0 Å². The Morgan fingerprint density at radius 3 is 1.73 bits per heavy atom. The Morgan fingerprint density at radius 1 is 1.07 bits per heavy atom. The molecule has 4 heteroatoms. The van der Waals surface area contributed by atoms with Crippen molar-refractivity contribution in [3.8, 4) is 0 Å². The summed E-state index contributed by atoms with van der Waals surface area (Å²) < 4.78 is 9.82. The second-order valence-electron chi connectivity index (χ2n) is 3.62. The van der Waals surface area contributed by atoms with E-state index in [0.29, 0.717) is 0 Å². The summed E-state index contributed by atoms with van der Waals surface area (Å²) in [6.45, 7) is 7.15. The summed E-state index contributed by atoms with van der Waals surface area (Å²) in [5, 5.41) is 0. The predicted octanol–water partition coefficient (Wildman–Crippen LogP) is 1.22. The van der Waals surface area contributed by atoms with E-state index in [1.54, 1.807) is 0 Å². The molecule has 82 valence electrons. The number of carbonyl (C=O) groups excluding carboxylic acids is 2. The van der Waals surface area contributed by atoms with Crippen molar-refractivity contribution in [2.24, 2.45) is 5.41 Å². The Balaban J connectivity index is 2.27. The maximum atomic E-state index is 10.8. The minimum Gasteiger partial charge on any atom is -0.462 e. The fraction of sp³-hybridized carbons (Fsp3) is 0.455. The SMILES string of the molecule is C=CC(=O)OCC1(COC(=O)C=C)CC1. The van der Waals surface area contributed by atoms with Crippen LogP contribution < -0.4 is 0 Å². The normalized spacial score (nSPS) is 16.3. The molecule has 0 atom stereocenters. The van der Waals surface area contributed by atoms with Gasteiger partial charge in [0.05, 0.1) is 0 Å². The smallest absolute Gasteiger partial charge is 0.330 e. The number of hydrogen-bond acceptors (Lipinski definition) is 4. The van der Waals surface area contributed by atoms with Gasteiger partial charge in [0, 0.05) is 17.6 Å². The zero-order valence-corrected chi connectivity index (χ0v) is 8.53. The number of ether oxygens (including phenoxy) is 2. The lowest BCUT2D eigenvalue weighted by Gasteiger charge is -2.13. The van der Waals surface area contributed by atoms with Gasteiger partial charge < -0.3 is 9.47 Å². The lowest BCUT2D eigenvalue weighted by atomic mass is 10.1. The highest BCUT2D eigenvalue weighted by Gasteiger charge is 2.45. The highest BCUT2D eigenvalue weighted by atomic mass is 16.5. The van der Waals surface area contributed by atoms with Crippen molar-refractivity contribution in [3.63, 3.8) is 0 Å². The van der Waals surface area contributed by atoms with E-state index in [0.717, 1.165) is 25.0 Å². The first-order valence-corrected chi connectivity index (χ1v) is 4.70. The van der Waals surface area contributed by atoms with Gasteiger partial charge in [-0.25, -0.2) is 9.59 Å². The minimum absolute atomic E-state index is 0.169. The van der Waals surface area contributed by atoms with Crippen molar-refractivity contribution in [2.45, 2.75) is 12.8 Å². The van der Waals surface area contributed by atoms with Gasteiger partial charge in [-0.2, -0.15) is 0 Å². The van der Waals surface area contributed by atoms with Crippen LogP contribution in [0.15, 0.2) is 25.3 Å². The lowest BCUT2D eigenvalue weighted by molar-refractivity contribution is -0.143. The van der Waals surface area contributed by atoms with E-state index in [1.165, 1.54) is 0 Å². The van der Waals surface area contributed by atoms with Crippen molar-refractivity contribution in [2.75, 3.05) is 13.2 Å². The third-order valence-electron chi connectivity index (χ3n) is 2.33. The summed E-state index contributed by atoms with van der Waals surface area (Å²) in [6, 6.07) is 0. The predicted molar refractivity (Wildman–Crippen MR) is 54.0 cm³/mol. The standard InChI is InChI=1S/C11H14O4/c1-3-9(12)14-7-11(5-6-11)8-15-10(13)4-2/h3-4H,1-2,5-8H2. The van der Waals surface area contributed by atoms with Gasteiger partial charge in [-0.3, -0.25) is 0 Å². The molecule has 1 saturated carbocycles. The minimum atomic E-state index is -0.448. The Kier molecular flexibility index (Phi) is 3.66. The van der Waals surface area contributed by atoms with Gasteiger partial charge in [-0.15, -0.1) is 0 Å². The average molecular weight is 210 g/mol. The molecule has 0 aromatic rings. The Morgan fingerprint density at radius 2 is 1.47 bits per heavy atom. The molecule has 0 spiro atoms. The molecule has 1 aliphatic carbocycles. The van der Waals surface area contributed by atoms with E-state index in [9.17, 15) is 9.59 Å². The Bertz CT molecular complexity index is 263. The van der Waals surface area contributed by atoms with Gasteiger partial charge in [0.1, 0.15) is 13.2 Å². The van der Waals surface area contributed by atoms with Crippen molar-refractivity contribution in [1.29, 1.82) is 0 Å².